The van der Waals surface area contributed by atoms with Crippen LogP contribution in [-0.2, 0) is 0 Å². The molecule has 7 heteroatoms. The second kappa shape index (κ2) is 7.08. The molecule has 0 aliphatic carbocycles. The van der Waals surface area contributed by atoms with Gasteiger partial charge in [0.25, 0.3) is 0 Å². The Morgan fingerprint density at radius 1 is 1.04 bits per heavy atom. The number of hydrogen-bond donors (Lipinski definition) is 0. The summed E-state index contributed by atoms with van der Waals surface area (Å²) in [5.41, 5.74) is 3.13. The summed E-state index contributed by atoms with van der Waals surface area (Å²) in [5.74, 6) is 0. The summed E-state index contributed by atoms with van der Waals surface area (Å²) in [7, 11) is 0. The zero-order chi connectivity index (χ0) is 17.4. The van der Waals surface area contributed by atoms with Crippen LogP contribution in [0.4, 0.5) is 5.69 Å². The Kier molecular flexibility index (Phi) is 4.82. The van der Waals surface area contributed by atoms with E-state index in [1.54, 1.807) is 0 Å². The van der Waals surface area contributed by atoms with Crippen LogP contribution < -0.4 is 5.01 Å². The molecule has 0 saturated heterocycles. The minimum Gasteiger partial charge on any atom is -0.256 e. The van der Waals surface area contributed by atoms with Crippen LogP contribution >= 0.6 is 50.5 Å². The molecule has 2 heterocycles. The monoisotopic (exact) mass is 451 g/mol. The van der Waals surface area contributed by atoms with Gasteiger partial charge >= 0.3 is 0 Å². The second-order valence-electron chi connectivity index (χ2n) is 5.58. The summed E-state index contributed by atoms with van der Waals surface area (Å²) < 4.78 is 1.49. The van der Waals surface area contributed by atoms with Crippen molar-refractivity contribution < 1.29 is 0 Å². The molecule has 1 unspecified atom stereocenters. The Bertz CT molecular complexity index is 925. The van der Waals surface area contributed by atoms with E-state index < -0.39 is 0 Å². The maximum atomic E-state index is 6.32. The highest BCUT2D eigenvalue weighted by Gasteiger charge is 2.33. The number of halogens is 3. The van der Waals surface area contributed by atoms with Crippen LogP contribution in [0.15, 0.2) is 64.2 Å². The minimum absolute atomic E-state index is 0.0152. The standard InChI is InChI=1S/C18H12BrCl2N3S/c19-12-8-6-11(7-9-12)14-10-15(16-17(20)22-18(21)25-16)24(23-14)13-4-2-1-3-5-13/h1-9,15H,10H2. The molecule has 2 aromatic carbocycles. The van der Waals surface area contributed by atoms with Crippen LogP contribution in [0.1, 0.15) is 22.9 Å². The first-order valence-electron chi connectivity index (χ1n) is 7.61. The van der Waals surface area contributed by atoms with E-state index in [1.807, 2.05) is 47.5 Å². The van der Waals surface area contributed by atoms with Gasteiger partial charge in [0.15, 0.2) is 4.47 Å². The zero-order valence-corrected chi connectivity index (χ0v) is 16.8. The molecule has 1 atom stereocenters. The van der Waals surface area contributed by atoms with Crippen LogP contribution in [0, 0.1) is 0 Å². The number of thiazole rings is 1. The molecule has 25 heavy (non-hydrogen) atoms. The van der Waals surface area contributed by atoms with Gasteiger partial charge in [0.2, 0.25) is 0 Å². The topological polar surface area (TPSA) is 28.5 Å². The maximum Gasteiger partial charge on any atom is 0.185 e. The number of para-hydroxylation sites is 1. The molecule has 0 N–H and O–H groups in total. The van der Waals surface area contributed by atoms with Gasteiger partial charge in [-0.25, -0.2) is 4.98 Å². The van der Waals surface area contributed by atoms with Crippen molar-refractivity contribution in [2.75, 3.05) is 5.01 Å². The number of nitrogens with zero attached hydrogens (tertiary/aromatic N) is 3. The van der Waals surface area contributed by atoms with Crippen molar-refractivity contribution in [3.8, 4) is 0 Å². The summed E-state index contributed by atoms with van der Waals surface area (Å²) in [4.78, 5) is 5.10. The number of hydrogen-bond acceptors (Lipinski definition) is 4. The number of anilines is 1. The van der Waals surface area contributed by atoms with Gasteiger partial charge in [-0.1, -0.05) is 69.5 Å². The Hall–Kier alpha value is -1.40. The van der Waals surface area contributed by atoms with Gasteiger partial charge < -0.3 is 0 Å². The molecule has 0 bridgehead atoms. The first kappa shape index (κ1) is 17.0. The zero-order valence-electron chi connectivity index (χ0n) is 12.9. The summed E-state index contributed by atoms with van der Waals surface area (Å²) in [5, 5.41) is 7.34. The van der Waals surface area contributed by atoms with Crippen molar-refractivity contribution in [2.24, 2.45) is 5.10 Å². The predicted molar refractivity (Wildman–Crippen MR) is 109 cm³/mol. The normalized spacial score (nSPS) is 17.0. The molecule has 126 valence electrons. The third kappa shape index (κ3) is 3.47. The van der Waals surface area contributed by atoms with Gasteiger partial charge in [-0.15, -0.1) is 11.3 Å². The highest BCUT2D eigenvalue weighted by atomic mass is 79.9. The Labute approximate surface area is 168 Å². The third-order valence-electron chi connectivity index (χ3n) is 3.99. The lowest BCUT2D eigenvalue weighted by atomic mass is 10.0. The molecule has 1 aliphatic heterocycles. The fraction of sp³-hybridized carbons (Fsp3) is 0.111. The molecular formula is C18H12BrCl2N3S. The molecular weight excluding hydrogens is 441 g/mol. The molecule has 0 amide bonds. The van der Waals surface area contributed by atoms with Crippen LogP contribution in [0.3, 0.4) is 0 Å². The highest BCUT2D eigenvalue weighted by molar-refractivity contribution is 9.10. The Morgan fingerprint density at radius 2 is 1.76 bits per heavy atom. The fourth-order valence-electron chi connectivity index (χ4n) is 2.84. The quantitative estimate of drug-likeness (QED) is 0.449. The first-order chi connectivity index (χ1) is 12.1. The van der Waals surface area contributed by atoms with Gasteiger partial charge in [-0.3, -0.25) is 5.01 Å². The molecule has 0 radical (unpaired) electrons. The second-order valence-corrected chi connectivity index (χ2v) is 8.46. The van der Waals surface area contributed by atoms with Crippen LogP contribution in [-0.4, -0.2) is 10.7 Å². The van der Waals surface area contributed by atoms with Crippen molar-refractivity contribution in [1.82, 2.24) is 4.98 Å². The van der Waals surface area contributed by atoms with Crippen molar-refractivity contribution in [3.05, 3.63) is 79.1 Å². The Morgan fingerprint density at radius 3 is 2.40 bits per heavy atom. The lowest BCUT2D eigenvalue weighted by Gasteiger charge is -2.22. The predicted octanol–water partition coefficient (Wildman–Crippen LogP) is 6.57. The van der Waals surface area contributed by atoms with E-state index >= 15 is 0 Å². The van der Waals surface area contributed by atoms with Gasteiger partial charge in [-0.2, -0.15) is 5.10 Å². The lowest BCUT2D eigenvalue weighted by molar-refractivity contribution is 0.720. The van der Waals surface area contributed by atoms with Gasteiger partial charge in [0, 0.05) is 10.9 Å². The molecule has 1 aromatic heterocycles. The van der Waals surface area contributed by atoms with E-state index in [0.717, 1.165) is 32.7 Å². The van der Waals surface area contributed by atoms with E-state index in [4.69, 9.17) is 28.3 Å². The lowest BCUT2D eigenvalue weighted by Crippen LogP contribution is -2.17. The van der Waals surface area contributed by atoms with E-state index in [0.29, 0.717) is 9.62 Å². The van der Waals surface area contributed by atoms with Gasteiger partial charge in [0.05, 0.1) is 22.3 Å². The van der Waals surface area contributed by atoms with Crippen molar-refractivity contribution in [2.45, 2.75) is 12.5 Å². The summed E-state index contributed by atoms with van der Waals surface area (Å²) in [6, 6.07) is 18.2. The first-order valence-corrected chi connectivity index (χ1v) is 9.98. The molecule has 0 fully saturated rings. The van der Waals surface area contributed by atoms with Crippen molar-refractivity contribution in [1.29, 1.82) is 0 Å². The minimum atomic E-state index is -0.0152. The number of benzene rings is 2. The fourth-order valence-corrected chi connectivity index (χ4v) is 4.63. The summed E-state index contributed by atoms with van der Waals surface area (Å²) in [6.07, 6.45) is 0.745. The van der Waals surface area contributed by atoms with Crippen LogP contribution in [0.2, 0.25) is 9.62 Å². The smallest absolute Gasteiger partial charge is 0.185 e. The molecule has 3 nitrogen and oxygen atoms in total. The average molecular weight is 453 g/mol. The highest BCUT2D eigenvalue weighted by Crippen LogP contribution is 2.42. The Balaban J connectivity index is 1.76. The number of rotatable bonds is 3. The third-order valence-corrected chi connectivity index (χ3v) is 6.18. The number of hydrazone groups is 1. The van der Waals surface area contributed by atoms with Crippen LogP contribution in [0.5, 0.6) is 0 Å². The molecule has 3 aromatic rings. The SMILES string of the molecule is Clc1nc(Cl)c(C2CC(c3ccc(Br)cc3)=NN2c2ccccc2)s1. The summed E-state index contributed by atoms with van der Waals surface area (Å²) >= 11 is 17.3. The molecule has 0 spiro atoms. The maximum absolute atomic E-state index is 6.32. The van der Waals surface area contributed by atoms with Crippen LogP contribution in [0.25, 0.3) is 0 Å². The summed E-state index contributed by atoms with van der Waals surface area (Å²) in [6.45, 7) is 0. The molecule has 1 aliphatic rings. The van der Waals surface area contributed by atoms with E-state index in [9.17, 15) is 0 Å². The van der Waals surface area contributed by atoms with Gasteiger partial charge in [0.1, 0.15) is 5.15 Å². The van der Waals surface area contributed by atoms with E-state index in [-0.39, 0.29) is 6.04 Å². The van der Waals surface area contributed by atoms with Crippen molar-refractivity contribution >= 4 is 61.9 Å². The largest absolute Gasteiger partial charge is 0.256 e. The number of aromatic nitrogens is 1. The van der Waals surface area contributed by atoms with Gasteiger partial charge in [-0.05, 0) is 29.8 Å². The molecule has 0 saturated carbocycles. The van der Waals surface area contributed by atoms with Crippen molar-refractivity contribution in [3.63, 3.8) is 0 Å². The van der Waals surface area contributed by atoms with E-state index in [2.05, 4.69) is 33.0 Å². The molecule has 4 rings (SSSR count). The van der Waals surface area contributed by atoms with E-state index in [1.165, 1.54) is 11.3 Å². The average Bonchev–Trinajstić information content (AvgIpc) is 3.19.